The van der Waals surface area contributed by atoms with E-state index in [1.54, 1.807) is 42.7 Å². The molecule has 0 spiro atoms. The van der Waals surface area contributed by atoms with Crippen molar-refractivity contribution < 1.29 is 27.5 Å². The van der Waals surface area contributed by atoms with Gasteiger partial charge in [-0.25, -0.2) is 24.1 Å². The van der Waals surface area contributed by atoms with Crippen molar-refractivity contribution >= 4 is 41.2 Å². The number of esters is 1. The SMILES string of the molecule is O=C(Nc1ccc(COC(=O)C(F)(F)F)c(C#Cc2cnc3cccnn23)c1)N1N=CCC1c1cccc(Cl)c1. The molecule has 3 heterocycles. The Bertz CT molecular complexity index is 1690. The van der Waals surface area contributed by atoms with Crippen molar-refractivity contribution in [2.24, 2.45) is 5.10 Å². The maximum atomic E-state index is 13.1. The molecule has 9 nitrogen and oxygen atoms in total. The fourth-order valence-electron chi connectivity index (χ4n) is 3.95. The average Bonchev–Trinajstić information content (AvgIpc) is 3.58. The molecule has 1 atom stereocenters. The minimum Gasteiger partial charge on any atom is -0.454 e. The van der Waals surface area contributed by atoms with E-state index in [4.69, 9.17) is 11.6 Å². The van der Waals surface area contributed by atoms with Crippen molar-refractivity contribution in [1.82, 2.24) is 19.6 Å². The Morgan fingerprint density at radius 1 is 1.12 bits per heavy atom. The Kier molecular flexibility index (Phi) is 7.39. The number of halogens is 4. The minimum absolute atomic E-state index is 0.195. The molecule has 1 aliphatic rings. The highest BCUT2D eigenvalue weighted by molar-refractivity contribution is 6.30. The van der Waals surface area contributed by atoms with Gasteiger partial charge in [-0.2, -0.15) is 23.4 Å². The number of imidazole rings is 1. The summed E-state index contributed by atoms with van der Waals surface area (Å²) in [5, 5.41) is 12.9. The van der Waals surface area contributed by atoms with Crippen LogP contribution in [-0.4, -0.2) is 44.0 Å². The molecular formula is C27H18ClF3N6O3. The number of hydrogen-bond donors (Lipinski definition) is 1. The number of urea groups is 1. The van der Waals surface area contributed by atoms with Gasteiger partial charge in [-0.15, -0.1) is 0 Å². The van der Waals surface area contributed by atoms with Gasteiger partial charge in [-0.05, 0) is 47.9 Å². The van der Waals surface area contributed by atoms with E-state index >= 15 is 0 Å². The molecule has 5 rings (SSSR count). The zero-order valence-corrected chi connectivity index (χ0v) is 21.1. The molecule has 0 saturated heterocycles. The van der Waals surface area contributed by atoms with Gasteiger partial charge in [-0.3, -0.25) is 0 Å². The van der Waals surface area contributed by atoms with E-state index in [2.05, 4.69) is 37.1 Å². The highest BCUT2D eigenvalue weighted by Crippen LogP contribution is 2.30. The lowest BCUT2D eigenvalue weighted by molar-refractivity contribution is -0.201. The van der Waals surface area contributed by atoms with Gasteiger partial charge in [0, 0.05) is 40.7 Å². The summed E-state index contributed by atoms with van der Waals surface area (Å²) in [7, 11) is 0. The first-order chi connectivity index (χ1) is 19.2. The van der Waals surface area contributed by atoms with Crippen LogP contribution in [0.3, 0.4) is 0 Å². The number of nitrogens with one attached hydrogen (secondary N) is 1. The predicted molar refractivity (Wildman–Crippen MR) is 139 cm³/mol. The molecule has 1 N–H and O–H groups in total. The number of aromatic nitrogens is 3. The second-order valence-electron chi connectivity index (χ2n) is 8.51. The van der Waals surface area contributed by atoms with Crippen LogP contribution in [0, 0.1) is 11.8 Å². The van der Waals surface area contributed by atoms with Crippen LogP contribution >= 0.6 is 11.6 Å². The largest absolute Gasteiger partial charge is 0.490 e. The molecule has 13 heteroatoms. The number of carbonyl (C=O) groups is 2. The van der Waals surface area contributed by atoms with Gasteiger partial charge in [0.1, 0.15) is 12.3 Å². The Morgan fingerprint density at radius 3 is 2.77 bits per heavy atom. The quantitative estimate of drug-likeness (QED) is 0.265. The normalized spacial score (nSPS) is 14.6. The molecule has 1 aliphatic heterocycles. The Hall–Kier alpha value is -4.89. The zero-order valence-electron chi connectivity index (χ0n) is 20.4. The summed E-state index contributed by atoms with van der Waals surface area (Å²) in [6.45, 7) is -0.685. The van der Waals surface area contributed by atoms with Crippen molar-refractivity contribution in [3.8, 4) is 11.8 Å². The first kappa shape index (κ1) is 26.7. The van der Waals surface area contributed by atoms with Gasteiger partial charge in [0.05, 0.1) is 12.2 Å². The van der Waals surface area contributed by atoms with Gasteiger partial charge in [-0.1, -0.05) is 35.7 Å². The third kappa shape index (κ3) is 5.89. The van der Waals surface area contributed by atoms with Crippen LogP contribution in [0.15, 0.2) is 72.1 Å². The fourth-order valence-corrected chi connectivity index (χ4v) is 4.15. The molecule has 1 unspecified atom stereocenters. The first-order valence-corrected chi connectivity index (χ1v) is 12.1. The monoisotopic (exact) mass is 566 g/mol. The van der Waals surface area contributed by atoms with Crippen molar-refractivity contribution in [1.29, 1.82) is 0 Å². The summed E-state index contributed by atoms with van der Waals surface area (Å²) >= 11 is 6.11. The van der Waals surface area contributed by atoms with E-state index in [0.29, 0.717) is 28.5 Å². The number of benzene rings is 2. The molecule has 2 amide bonds. The Balaban J connectivity index is 1.41. The third-order valence-electron chi connectivity index (χ3n) is 5.83. The number of hydrazone groups is 1. The molecule has 0 aliphatic carbocycles. The van der Waals surface area contributed by atoms with Crippen LogP contribution in [0.4, 0.5) is 23.7 Å². The number of nitrogens with zero attached hydrogens (tertiary/aromatic N) is 5. The van der Waals surface area contributed by atoms with Gasteiger partial charge in [0.15, 0.2) is 5.65 Å². The van der Waals surface area contributed by atoms with Crippen molar-refractivity contribution in [2.45, 2.75) is 25.2 Å². The first-order valence-electron chi connectivity index (χ1n) is 11.7. The number of carbonyl (C=O) groups excluding carboxylic acids is 2. The van der Waals surface area contributed by atoms with E-state index in [9.17, 15) is 22.8 Å². The maximum absolute atomic E-state index is 13.1. The molecule has 2 aromatic heterocycles. The third-order valence-corrected chi connectivity index (χ3v) is 6.06. The van der Waals surface area contributed by atoms with Crippen LogP contribution in [-0.2, 0) is 16.1 Å². The molecule has 2 aromatic carbocycles. The molecule has 0 radical (unpaired) electrons. The lowest BCUT2D eigenvalue weighted by Crippen LogP contribution is -2.31. The van der Waals surface area contributed by atoms with Gasteiger partial charge < -0.3 is 10.1 Å². The average molecular weight is 567 g/mol. The van der Waals surface area contributed by atoms with E-state index < -0.39 is 24.8 Å². The topological polar surface area (TPSA) is 101 Å². The lowest BCUT2D eigenvalue weighted by atomic mass is 10.0. The Morgan fingerprint density at radius 2 is 1.98 bits per heavy atom. The Labute approximate surface area is 230 Å². The minimum atomic E-state index is -5.14. The second-order valence-corrected chi connectivity index (χ2v) is 8.95. The fraction of sp³-hybridized carbons (Fsp3) is 0.148. The smallest absolute Gasteiger partial charge is 0.454 e. The van der Waals surface area contributed by atoms with E-state index in [-0.39, 0.29) is 17.2 Å². The summed E-state index contributed by atoms with van der Waals surface area (Å²) in [4.78, 5) is 28.6. The maximum Gasteiger partial charge on any atom is 0.490 e. The predicted octanol–water partition coefficient (Wildman–Crippen LogP) is 5.35. The summed E-state index contributed by atoms with van der Waals surface area (Å²) in [5.74, 6) is 3.41. The van der Waals surface area contributed by atoms with Gasteiger partial charge in [0.2, 0.25) is 0 Å². The van der Waals surface area contributed by atoms with Crippen LogP contribution < -0.4 is 5.32 Å². The number of amides is 2. The van der Waals surface area contributed by atoms with E-state index in [1.165, 1.54) is 33.9 Å². The molecule has 0 bridgehead atoms. The number of ether oxygens (including phenoxy) is 1. The van der Waals surface area contributed by atoms with E-state index in [0.717, 1.165) is 5.56 Å². The molecular weight excluding hydrogens is 549 g/mol. The number of rotatable bonds is 4. The number of hydrogen-bond acceptors (Lipinski definition) is 6. The van der Waals surface area contributed by atoms with Crippen LogP contribution in [0.25, 0.3) is 5.65 Å². The zero-order chi connectivity index (χ0) is 28.3. The van der Waals surface area contributed by atoms with E-state index in [1.807, 2.05) is 6.07 Å². The molecule has 0 saturated carbocycles. The number of alkyl halides is 3. The number of anilines is 1. The highest BCUT2D eigenvalue weighted by atomic mass is 35.5. The lowest BCUT2D eigenvalue weighted by Gasteiger charge is -2.23. The van der Waals surface area contributed by atoms with Crippen molar-refractivity contribution in [3.63, 3.8) is 0 Å². The van der Waals surface area contributed by atoms with Crippen molar-refractivity contribution in [2.75, 3.05) is 5.32 Å². The highest BCUT2D eigenvalue weighted by Gasteiger charge is 2.41. The molecule has 202 valence electrons. The van der Waals surface area contributed by atoms with Gasteiger partial charge in [0.25, 0.3) is 0 Å². The van der Waals surface area contributed by atoms with Crippen LogP contribution in [0.2, 0.25) is 5.02 Å². The standard InChI is InChI=1S/C27H18ClF3N6O3/c28-20-4-1-3-18(13-20)23-10-12-34-37(23)26(39)35-21-8-6-19(16-40-25(38)27(29,30)31)17(14-21)7-9-22-15-32-24-5-2-11-33-36(22)24/h1-6,8,11-15,23H,10,16H2,(H,35,39). The van der Waals surface area contributed by atoms with Crippen LogP contribution in [0.1, 0.15) is 34.8 Å². The second kappa shape index (κ2) is 11.1. The summed E-state index contributed by atoms with van der Waals surface area (Å²) in [5.41, 5.74) is 2.47. The summed E-state index contributed by atoms with van der Waals surface area (Å²) < 4.78 is 43.9. The number of fused-ring (bicyclic) bond motifs is 1. The molecule has 0 fully saturated rings. The summed E-state index contributed by atoms with van der Waals surface area (Å²) in [6.07, 6.45) is 0.00428. The molecule has 40 heavy (non-hydrogen) atoms. The molecule has 4 aromatic rings. The van der Waals surface area contributed by atoms with Crippen molar-refractivity contribution in [3.05, 3.63) is 94.4 Å². The summed E-state index contributed by atoms with van der Waals surface area (Å²) in [6, 6.07) is 14.0. The van der Waals surface area contributed by atoms with Gasteiger partial charge >= 0.3 is 18.2 Å². The van der Waals surface area contributed by atoms with Crippen LogP contribution in [0.5, 0.6) is 0 Å².